The number of anilines is 2. The number of nitrogen functional groups attached to an aromatic ring is 1. The maximum Gasteiger partial charge on any atom is 0.275 e. The number of hydrogen-bond acceptors (Lipinski definition) is 6. The van der Waals surface area contributed by atoms with Crippen LogP contribution in [0.2, 0.25) is 0 Å². The van der Waals surface area contributed by atoms with E-state index >= 15 is 0 Å². The van der Waals surface area contributed by atoms with Crippen molar-refractivity contribution in [3.8, 4) is 0 Å². The molecule has 2 aromatic rings. The summed E-state index contributed by atoms with van der Waals surface area (Å²) >= 11 is 0. The van der Waals surface area contributed by atoms with Gasteiger partial charge in [0, 0.05) is 44.0 Å². The molecule has 0 radical (unpaired) electrons. The van der Waals surface area contributed by atoms with Gasteiger partial charge in [-0.25, -0.2) is 18.7 Å². The van der Waals surface area contributed by atoms with Crippen molar-refractivity contribution in [2.45, 2.75) is 13.3 Å². The first-order chi connectivity index (χ1) is 11.9. The Labute approximate surface area is 143 Å². The van der Waals surface area contributed by atoms with E-state index in [9.17, 15) is 13.6 Å². The first kappa shape index (κ1) is 17.0. The van der Waals surface area contributed by atoms with Gasteiger partial charge in [0.25, 0.3) is 5.91 Å². The van der Waals surface area contributed by atoms with E-state index in [1.54, 1.807) is 0 Å². The van der Waals surface area contributed by atoms with Crippen LogP contribution in [0.3, 0.4) is 0 Å². The second-order valence-electron chi connectivity index (χ2n) is 5.84. The Balaban J connectivity index is 1.73. The molecule has 2 aromatic heterocycles. The minimum absolute atomic E-state index is 0.199. The summed E-state index contributed by atoms with van der Waals surface area (Å²) in [5.41, 5.74) is 6.09. The lowest BCUT2D eigenvalue weighted by Crippen LogP contribution is -2.36. The Morgan fingerprint density at radius 1 is 1.16 bits per heavy atom. The van der Waals surface area contributed by atoms with Crippen LogP contribution in [-0.4, -0.2) is 51.9 Å². The third-order valence-electron chi connectivity index (χ3n) is 3.98. The number of rotatable bonds is 2. The lowest BCUT2D eigenvalue weighted by molar-refractivity contribution is 0.0755. The van der Waals surface area contributed by atoms with Crippen molar-refractivity contribution in [1.82, 2.24) is 19.9 Å². The number of nitrogens with two attached hydrogens (primary N) is 1. The van der Waals surface area contributed by atoms with Crippen LogP contribution in [-0.2, 0) is 0 Å². The maximum absolute atomic E-state index is 13.8. The molecule has 0 atom stereocenters. The molecular formula is C16H18F2N6O. The minimum Gasteiger partial charge on any atom is -0.368 e. The minimum atomic E-state index is -0.953. The van der Waals surface area contributed by atoms with Crippen LogP contribution < -0.4 is 10.6 Å². The van der Waals surface area contributed by atoms with Crippen LogP contribution >= 0.6 is 0 Å². The van der Waals surface area contributed by atoms with Crippen LogP contribution in [0.5, 0.6) is 0 Å². The summed E-state index contributed by atoms with van der Waals surface area (Å²) in [6.45, 7) is 3.86. The van der Waals surface area contributed by atoms with Crippen molar-refractivity contribution in [3.63, 3.8) is 0 Å². The van der Waals surface area contributed by atoms with E-state index in [0.717, 1.165) is 11.9 Å². The molecular weight excluding hydrogens is 330 g/mol. The van der Waals surface area contributed by atoms with E-state index < -0.39 is 17.5 Å². The highest BCUT2D eigenvalue weighted by Crippen LogP contribution is 2.17. The van der Waals surface area contributed by atoms with Crippen LogP contribution in [0.15, 0.2) is 18.3 Å². The molecule has 0 aliphatic carbocycles. The van der Waals surface area contributed by atoms with Crippen LogP contribution in [0.25, 0.3) is 0 Å². The highest BCUT2D eigenvalue weighted by atomic mass is 19.1. The van der Waals surface area contributed by atoms with E-state index in [4.69, 9.17) is 5.73 Å². The van der Waals surface area contributed by atoms with Gasteiger partial charge in [-0.15, -0.1) is 0 Å². The number of nitrogens with zero attached hydrogens (tertiary/aromatic N) is 5. The summed E-state index contributed by atoms with van der Waals surface area (Å²) in [4.78, 5) is 27.9. The molecule has 132 valence electrons. The summed E-state index contributed by atoms with van der Waals surface area (Å²) in [6, 6.07) is 2.49. The fraction of sp³-hybridized carbons (Fsp3) is 0.375. The van der Waals surface area contributed by atoms with Gasteiger partial charge in [-0.1, -0.05) is 0 Å². The van der Waals surface area contributed by atoms with Crippen LogP contribution in [0, 0.1) is 18.6 Å². The average Bonchev–Trinajstić information content (AvgIpc) is 2.79. The van der Waals surface area contributed by atoms with Crippen molar-refractivity contribution < 1.29 is 13.6 Å². The van der Waals surface area contributed by atoms with E-state index in [0.29, 0.717) is 44.5 Å². The molecule has 1 aliphatic heterocycles. The largest absolute Gasteiger partial charge is 0.368 e. The van der Waals surface area contributed by atoms with Crippen LogP contribution in [0.4, 0.5) is 20.5 Å². The molecule has 1 fully saturated rings. The summed E-state index contributed by atoms with van der Waals surface area (Å²) in [7, 11) is 0. The third kappa shape index (κ3) is 3.81. The van der Waals surface area contributed by atoms with Gasteiger partial charge in [-0.3, -0.25) is 4.79 Å². The highest BCUT2D eigenvalue weighted by molar-refractivity contribution is 5.92. The Kier molecular flexibility index (Phi) is 4.73. The lowest BCUT2D eigenvalue weighted by Gasteiger charge is -2.23. The molecule has 1 aliphatic rings. The average molecular weight is 348 g/mol. The number of amides is 1. The Morgan fingerprint density at radius 3 is 2.68 bits per heavy atom. The zero-order chi connectivity index (χ0) is 18.0. The predicted molar refractivity (Wildman–Crippen MR) is 88.1 cm³/mol. The number of pyridine rings is 1. The third-order valence-corrected chi connectivity index (χ3v) is 3.98. The van der Waals surface area contributed by atoms with Crippen molar-refractivity contribution in [2.75, 3.05) is 36.8 Å². The fourth-order valence-corrected chi connectivity index (χ4v) is 2.81. The number of carbonyl (C=O) groups is 1. The van der Waals surface area contributed by atoms with Crippen LogP contribution in [0.1, 0.15) is 22.6 Å². The molecule has 0 spiro atoms. The number of halogens is 2. The molecule has 25 heavy (non-hydrogen) atoms. The first-order valence-electron chi connectivity index (χ1n) is 7.90. The van der Waals surface area contributed by atoms with Gasteiger partial charge < -0.3 is 15.5 Å². The monoisotopic (exact) mass is 348 g/mol. The van der Waals surface area contributed by atoms with Gasteiger partial charge >= 0.3 is 0 Å². The van der Waals surface area contributed by atoms with Gasteiger partial charge in [0.15, 0.2) is 11.5 Å². The summed E-state index contributed by atoms with van der Waals surface area (Å²) in [6.07, 6.45) is 1.52. The van der Waals surface area contributed by atoms with Gasteiger partial charge in [-0.05, 0) is 13.3 Å². The van der Waals surface area contributed by atoms with Crippen molar-refractivity contribution in [3.05, 3.63) is 41.4 Å². The molecule has 7 nitrogen and oxygen atoms in total. The van der Waals surface area contributed by atoms with Gasteiger partial charge in [-0.2, -0.15) is 4.98 Å². The standard InChI is InChI=1S/C16H18F2N6O/c1-10-7-13(22-16(19)21-10)23-3-2-4-24(6-5-23)15(25)14-12(18)8-11(17)9-20-14/h7-9H,2-6H2,1H3,(H2,19,21,22). The molecule has 3 heterocycles. The SMILES string of the molecule is Cc1cc(N2CCCN(C(=O)c3ncc(F)cc3F)CC2)nc(N)n1. The molecule has 0 aromatic carbocycles. The van der Waals surface area contributed by atoms with Gasteiger partial charge in [0.1, 0.15) is 11.6 Å². The van der Waals surface area contributed by atoms with Crippen molar-refractivity contribution in [1.29, 1.82) is 0 Å². The topological polar surface area (TPSA) is 88.2 Å². The Morgan fingerprint density at radius 2 is 1.96 bits per heavy atom. The Bertz CT molecular complexity index is 780. The fourth-order valence-electron chi connectivity index (χ4n) is 2.81. The van der Waals surface area contributed by atoms with Gasteiger partial charge in [0.2, 0.25) is 5.95 Å². The van der Waals surface area contributed by atoms with E-state index in [2.05, 4.69) is 15.0 Å². The molecule has 1 saturated heterocycles. The highest BCUT2D eigenvalue weighted by Gasteiger charge is 2.24. The number of aromatic nitrogens is 3. The number of aryl methyl sites for hydroxylation is 1. The molecule has 3 rings (SSSR count). The zero-order valence-electron chi connectivity index (χ0n) is 13.7. The maximum atomic E-state index is 13.8. The second kappa shape index (κ2) is 6.96. The molecule has 1 amide bonds. The summed E-state index contributed by atoms with van der Waals surface area (Å²) in [5.74, 6) is -1.41. The molecule has 0 unspecified atom stereocenters. The van der Waals surface area contributed by atoms with E-state index in [1.807, 2.05) is 17.9 Å². The molecule has 0 saturated carbocycles. The first-order valence-corrected chi connectivity index (χ1v) is 7.90. The number of hydrogen-bond donors (Lipinski definition) is 1. The molecule has 9 heteroatoms. The quantitative estimate of drug-likeness (QED) is 0.882. The van der Waals surface area contributed by atoms with E-state index in [-0.39, 0.29) is 11.6 Å². The normalized spacial score (nSPS) is 15.2. The predicted octanol–water partition coefficient (Wildman–Crippen LogP) is 1.39. The van der Waals surface area contributed by atoms with Crippen molar-refractivity contribution >= 4 is 17.7 Å². The summed E-state index contributed by atoms with van der Waals surface area (Å²) < 4.78 is 26.8. The lowest BCUT2D eigenvalue weighted by atomic mass is 10.3. The van der Waals surface area contributed by atoms with Crippen molar-refractivity contribution in [2.24, 2.45) is 0 Å². The second-order valence-corrected chi connectivity index (χ2v) is 5.84. The molecule has 0 bridgehead atoms. The number of carbonyl (C=O) groups excluding carboxylic acids is 1. The smallest absolute Gasteiger partial charge is 0.275 e. The zero-order valence-corrected chi connectivity index (χ0v) is 13.7. The Hall–Kier alpha value is -2.84. The summed E-state index contributed by atoms with van der Waals surface area (Å²) in [5, 5.41) is 0. The van der Waals surface area contributed by atoms with E-state index in [1.165, 1.54) is 4.90 Å². The molecule has 2 N–H and O–H groups in total. The van der Waals surface area contributed by atoms with Gasteiger partial charge in [0.05, 0.1) is 6.20 Å².